The largest absolute Gasteiger partial charge is 0.496 e. The minimum atomic E-state index is -0.123. The van der Waals surface area contributed by atoms with Crippen molar-refractivity contribution in [3.63, 3.8) is 0 Å². The van der Waals surface area contributed by atoms with Gasteiger partial charge in [0.25, 0.3) is 5.56 Å². The molecule has 1 aromatic heterocycles. The van der Waals surface area contributed by atoms with Crippen LogP contribution < -0.4 is 10.3 Å². The molecule has 0 radical (unpaired) electrons. The first-order valence-electron chi connectivity index (χ1n) is 6.30. The summed E-state index contributed by atoms with van der Waals surface area (Å²) in [5.74, 6) is 0.881. The minimum Gasteiger partial charge on any atom is -0.496 e. The standard InChI is InChI=1S/C15H20N2O2/c1-9-6-13(19-5)11(15(2,3)4)7-10(9)12-8-14(18)17-16-12/h6-8H,1-5H3,(H2,16,17,18). The van der Waals surface area contributed by atoms with Crippen molar-refractivity contribution in [1.82, 2.24) is 10.2 Å². The summed E-state index contributed by atoms with van der Waals surface area (Å²) in [5, 5.41) is 5.47. The fourth-order valence-electron chi connectivity index (χ4n) is 2.20. The van der Waals surface area contributed by atoms with Crippen molar-refractivity contribution in [3.8, 4) is 17.0 Å². The van der Waals surface area contributed by atoms with Crippen molar-refractivity contribution in [2.45, 2.75) is 33.1 Å². The highest BCUT2D eigenvalue weighted by Gasteiger charge is 2.21. The van der Waals surface area contributed by atoms with Crippen molar-refractivity contribution in [1.29, 1.82) is 0 Å². The number of methoxy groups -OCH3 is 1. The number of nitrogens with one attached hydrogen (secondary N) is 2. The zero-order chi connectivity index (χ0) is 14.2. The van der Waals surface area contributed by atoms with E-state index in [1.54, 1.807) is 13.2 Å². The highest BCUT2D eigenvalue weighted by Crippen LogP contribution is 2.36. The highest BCUT2D eigenvalue weighted by atomic mass is 16.5. The van der Waals surface area contributed by atoms with E-state index in [-0.39, 0.29) is 11.0 Å². The Labute approximate surface area is 112 Å². The summed E-state index contributed by atoms with van der Waals surface area (Å²) in [5.41, 5.74) is 3.87. The van der Waals surface area contributed by atoms with E-state index in [1.165, 1.54) is 0 Å². The van der Waals surface area contributed by atoms with Crippen LogP contribution in [0.1, 0.15) is 31.9 Å². The minimum absolute atomic E-state index is 0.0234. The van der Waals surface area contributed by atoms with Crippen LogP contribution in [0.2, 0.25) is 0 Å². The van der Waals surface area contributed by atoms with Gasteiger partial charge in [0.15, 0.2) is 0 Å². The first-order chi connectivity index (χ1) is 8.82. The van der Waals surface area contributed by atoms with Gasteiger partial charge in [-0.15, -0.1) is 0 Å². The van der Waals surface area contributed by atoms with Gasteiger partial charge in [0.1, 0.15) is 5.75 Å². The molecule has 2 rings (SSSR count). The maximum Gasteiger partial charge on any atom is 0.264 e. The average Bonchev–Trinajstić information content (AvgIpc) is 2.73. The average molecular weight is 260 g/mol. The Hall–Kier alpha value is -1.97. The zero-order valence-electron chi connectivity index (χ0n) is 12.0. The molecule has 1 aromatic carbocycles. The number of aryl methyl sites for hydroxylation is 1. The number of aromatic nitrogens is 2. The van der Waals surface area contributed by atoms with E-state index < -0.39 is 0 Å². The van der Waals surface area contributed by atoms with Gasteiger partial charge in [-0.3, -0.25) is 15.0 Å². The molecule has 4 nitrogen and oxygen atoms in total. The Balaban J connectivity index is 2.67. The summed E-state index contributed by atoms with van der Waals surface area (Å²) in [6.07, 6.45) is 0. The predicted molar refractivity (Wildman–Crippen MR) is 76.8 cm³/mol. The number of H-pyrrole nitrogens is 2. The number of hydrogen-bond acceptors (Lipinski definition) is 2. The third kappa shape index (κ3) is 2.57. The van der Waals surface area contributed by atoms with Gasteiger partial charge in [-0.25, -0.2) is 0 Å². The van der Waals surface area contributed by atoms with Gasteiger partial charge in [0.2, 0.25) is 0 Å². The second-order valence-corrected chi connectivity index (χ2v) is 5.79. The molecule has 4 heteroatoms. The molecule has 0 fully saturated rings. The monoisotopic (exact) mass is 260 g/mol. The van der Waals surface area contributed by atoms with Crippen LogP contribution in [-0.2, 0) is 5.41 Å². The molecule has 0 atom stereocenters. The fraction of sp³-hybridized carbons (Fsp3) is 0.400. The Bertz CT molecular complexity index is 645. The summed E-state index contributed by atoms with van der Waals surface area (Å²) in [4.78, 5) is 11.3. The van der Waals surface area contributed by atoms with Crippen LogP contribution in [0.5, 0.6) is 5.75 Å². The molecule has 0 unspecified atom stereocenters. The molecule has 0 bridgehead atoms. The second-order valence-electron chi connectivity index (χ2n) is 5.79. The molecule has 0 aliphatic carbocycles. The van der Waals surface area contributed by atoms with Crippen molar-refractivity contribution >= 4 is 0 Å². The van der Waals surface area contributed by atoms with Crippen LogP contribution in [-0.4, -0.2) is 17.3 Å². The van der Waals surface area contributed by atoms with Gasteiger partial charge in [-0.2, -0.15) is 0 Å². The summed E-state index contributed by atoms with van der Waals surface area (Å²) >= 11 is 0. The zero-order valence-corrected chi connectivity index (χ0v) is 12.0. The van der Waals surface area contributed by atoms with E-state index in [0.717, 1.165) is 28.1 Å². The molecular weight excluding hydrogens is 240 g/mol. The molecule has 19 heavy (non-hydrogen) atoms. The molecule has 0 saturated heterocycles. The van der Waals surface area contributed by atoms with Crippen LogP contribution in [0.3, 0.4) is 0 Å². The third-order valence-electron chi connectivity index (χ3n) is 3.24. The normalized spacial score (nSPS) is 11.6. The van der Waals surface area contributed by atoms with Gasteiger partial charge < -0.3 is 4.74 Å². The van der Waals surface area contributed by atoms with Crippen LogP contribution in [0.4, 0.5) is 0 Å². The first-order valence-corrected chi connectivity index (χ1v) is 6.30. The molecule has 0 amide bonds. The van der Waals surface area contributed by atoms with E-state index in [9.17, 15) is 4.79 Å². The number of hydrogen-bond donors (Lipinski definition) is 2. The number of ether oxygens (including phenoxy) is 1. The Morgan fingerprint density at radius 3 is 2.26 bits per heavy atom. The Morgan fingerprint density at radius 1 is 1.11 bits per heavy atom. The molecule has 2 aromatic rings. The van der Waals surface area contributed by atoms with Gasteiger partial charge in [0.05, 0.1) is 12.8 Å². The van der Waals surface area contributed by atoms with Gasteiger partial charge in [-0.05, 0) is 30.0 Å². The summed E-state index contributed by atoms with van der Waals surface area (Å²) in [6.45, 7) is 8.44. The van der Waals surface area contributed by atoms with E-state index in [4.69, 9.17) is 4.74 Å². The third-order valence-corrected chi connectivity index (χ3v) is 3.24. The van der Waals surface area contributed by atoms with E-state index >= 15 is 0 Å². The Morgan fingerprint density at radius 2 is 1.79 bits per heavy atom. The second kappa shape index (κ2) is 4.61. The van der Waals surface area contributed by atoms with Crippen LogP contribution in [0.15, 0.2) is 23.0 Å². The van der Waals surface area contributed by atoms with Gasteiger partial charge in [0, 0.05) is 17.2 Å². The summed E-state index contributed by atoms with van der Waals surface area (Å²) < 4.78 is 5.47. The molecule has 0 saturated carbocycles. The quantitative estimate of drug-likeness (QED) is 0.872. The van der Waals surface area contributed by atoms with Crippen molar-refractivity contribution in [3.05, 3.63) is 39.7 Å². The van der Waals surface area contributed by atoms with Crippen molar-refractivity contribution in [2.75, 3.05) is 7.11 Å². The molecule has 102 valence electrons. The Kier molecular flexibility index (Phi) is 3.27. The number of benzene rings is 1. The van der Waals surface area contributed by atoms with Gasteiger partial charge >= 0.3 is 0 Å². The maximum absolute atomic E-state index is 11.3. The fourth-order valence-corrected chi connectivity index (χ4v) is 2.20. The van der Waals surface area contributed by atoms with Crippen LogP contribution in [0, 0.1) is 6.92 Å². The lowest BCUT2D eigenvalue weighted by Crippen LogP contribution is -2.13. The van der Waals surface area contributed by atoms with E-state index in [2.05, 4.69) is 37.0 Å². The molecule has 0 spiro atoms. The van der Waals surface area contributed by atoms with Gasteiger partial charge in [-0.1, -0.05) is 20.8 Å². The van der Waals surface area contributed by atoms with E-state index in [0.29, 0.717) is 0 Å². The van der Waals surface area contributed by atoms with E-state index in [1.807, 2.05) is 13.0 Å². The van der Waals surface area contributed by atoms with Crippen LogP contribution in [0.25, 0.3) is 11.3 Å². The predicted octanol–water partition coefficient (Wildman–Crippen LogP) is 2.98. The lowest BCUT2D eigenvalue weighted by atomic mass is 9.84. The first kappa shape index (κ1) is 13.5. The lowest BCUT2D eigenvalue weighted by molar-refractivity contribution is 0.397. The summed E-state index contributed by atoms with van der Waals surface area (Å²) in [7, 11) is 1.68. The molecule has 1 heterocycles. The number of rotatable bonds is 2. The molecule has 0 aliphatic rings. The van der Waals surface area contributed by atoms with Crippen molar-refractivity contribution in [2.24, 2.45) is 0 Å². The maximum atomic E-state index is 11.3. The molecule has 2 N–H and O–H groups in total. The highest BCUT2D eigenvalue weighted by molar-refractivity contribution is 5.67. The molecular formula is C15H20N2O2. The number of aromatic amines is 2. The summed E-state index contributed by atoms with van der Waals surface area (Å²) in [6, 6.07) is 5.68. The lowest BCUT2D eigenvalue weighted by Gasteiger charge is -2.23. The van der Waals surface area contributed by atoms with Crippen LogP contribution >= 0.6 is 0 Å². The topological polar surface area (TPSA) is 57.9 Å². The molecule has 0 aliphatic heterocycles. The van der Waals surface area contributed by atoms with Crippen molar-refractivity contribution < 1.29 is 4.74 Å². The SMILES string of the molecule is COc1cc(C)c(-c2cc(=O)[nH][nH]2)cc1C(C)(C)C. The smallest absolute Gasteiger partial charge is 0.264 e.